The van der Waals surface area contributed by atoms with Crippen molar-refractivity contribution in [2.75, 3.05) is 19.0 Å². The maximum atomic E-state index is 13.6. The number of nitrogens with zero attached hydrogens (tertiary/aromatic N) is 1. The van der Waals surface area contributed by atoms with E-state index < -0.39 is 48.5 Å². The van der Waals surface area contributed by atoms with Crippen molar-refractivity contribution in [3.63, 3.8) is 0 Å². The number of anilines is 1. The first-order valence-electron chi connectivity index (χ1n) is 16.3. The fourth-order valence-electron chi connectivity index (χ4n) is 5.59. The van der Waals surface area contributed by atoms with Crippen LogP contribution >= 0.6 is 0 Å². The second-order valence-electron chi connectivity index (χ2n) is 12.3. The van der Waals surface area contributed by atoms with Crippen molar-refractivity contribution in [3.8, 4) is 22.6 Å². The monoisotopic (exact) mass is 724 g/mol. The average Bonchev–Trinajstić information content (AvgIpc) is 3.12. The molecule has 0 aliphatic heterocycles. The van der Waals surface area contributed by atoms with E-state index in [0.29, 0.717) is 16.7 Å². The molecule has 0 bridgehead atoms. The summed E-state index contributed by atoms with van der Waals surface area (Å²) in [6.45, 7) is 2.90. The summed E-state index contributed by atoms with van der Waals surface area (Å²) >= 11 is 0. The number of nitrogens with one attached hydrogen (secondary N) is 1. The topological polar surface area (TPSA) is 122 Å². The number of halogens is 3. The van der Waals surface area contributed by atoms with Crippen LogP contribution in [0.5, 0.6) is 11.5 Å². The Morgan fingerprint density at radius 3 is 1.98 bits per heavy atom. The quantitative estimate of drug-likeness (QED) is 0.0985. The minimum atomic E-state index is -4.70. The number of hydrogen-bond donors (Lipinski definition) is 2. The number of carbonyl (C=O) groups is 4. The number of carboxylic acids is 1. The number of aryl methyl sites for hydroxylation is 2. The molecule has 0 fully saturated rings. The first-order valence-corrected chi connectivity index (χ1v) is 16.3. The van der Waals surface area contributed by atoms with Crippen LogP contribution in [0.25, 0.3) is 11.1 Å². The van der Waals surface area contributed by atoms with E-state index in [0.717, 1.165) is 27.7 Å². The van der Waals surface area contributed by atoms with Gasteiger partial charge in [0.2, 0.25) is 5.91 Å². The summed E-state index contributed by atoms with van der Waals surface area (Å²) in [6, 6.07) is 29.0. The standard InChI is InChI=1S/C41H35F3N2O7/c1-25-4-8-28(9-5-25)29-10-12-30(13-11-29)40(51)53-33-16-6-27(7-17-33)23-46(24-38(48)49)39(50)35-19-15-32(20-26(35)2)45-37(47)21-31-14-18-34(52-3)22-36(31)41(42,43)44/h4-20,22H,21,23-24H2,1-3H3,(H,45,47)(H,48,49). The van der Waals surface area contributed by atoms with Crippen molar-refractivity contribution in [1.29, 1.82) is 0 Å². The Labute approximate surface area is 303 Å². The van der Waals surface area contributed by atoms with Crippen LogP contribution in [0, 0.1) is 13.8 Å². The number of alkyl halides is 3. The molecule has 0 heterocycles. The van der Waals surface area contributed by atoms with Gasteiger partial charge in [-0.1, -0.05) is 60.2 Å². The molecule has 2 N–H and O–H groups in total. The summed E-state index contributed by atoms with van der Waals surface area (Å²) in [4.78, 5) is 51.9. The van der Waals surface area contributed by atoms with Gasteiger partial charge in [-0.25, -0.2) is 4.79 Å². The summed E-state index contributed by atoms with van der Waals surface area (Å²) in [5, 5.41) is 12.1. The Kier molecular flexibility index (Phi) is 11.6. The molecule has 53 heavy (non-hydrogen) atoms. The molecule has 272 valence electrons. The zero-order valence-corrected chi connectivity index (χ0v) is 29.0. The van der Waals surface area contributed by atoms with Gasteiger partial charge in [-0.15, -0.1) is 0 Å². The maximum absolute atomic E-state index is 13.6. The van der Waals surface area contributed by atoms with Gasteiger partial charge in [-0.3, -0.25) is 14.4 Å². The van der Waals surface area contributed by atoms with Crippen molar-refractivity contribution in [2.24, 2.45) is 0 Å². The Balaban J connectivity index is 1.22. The number of methoxy groups -OCH3 is 1. The van der Waals surface area contributed by atoms with Crippen LogP contribution < -0.4 is 14.8 Å². The largest absolute Gasteiger partial charge is 0.497 e. The molecule has 9 nitrogen and oxygen atoms in total. The summed E-state index contributed by atoms with van der Waals surface area (Å²) in [5.41, 5.74) is 3.63. The number of hydrogen-bond acceptors (Lipinski definition) is 6. The predicted octanol–water partition coefficient (Wildman–Crippen LogP) is 8.13. The van der Waals surface area contributed by atoms with Gasteiger partial charge < -0.3 is 24.8 Å². The number of aliphatic carboxylic acids is 1. The third-order valence-electron chi connectivity index (χ3n) is 8.34. The summed E-state index contributed by atoms with van der Waals surface area (Å²) in [5.74, 6) is -2.85. The zero-order chi connectivity index (χ0) is 38.3. The van der Waals surface area contributed by atoms with Crippen molar-refractivity contribution < 1.29 is 46.9 Å². The number of benzene rings is 5. The van der Waals surface area contributed by atoms with Crippen molar-refractivity contribution in [2.45, 2.75) is 33.0 Å². The number of rotatable bonds is 12. The molecule has 5 aromatic carbocycles. The highest BCUT2D eigenvalue weighted by Gasteiger charge is 2.34. The molecule has 0 spiro atoms. The van der Waals surface area contributed by atoms with E-state index in [1.807, 2.05) is 43.3 Å². The Morgan fingerprint density at radius 2 is 1.40 bits per heavy atom. The highest BCUT2D eigenvalue weighted by molar-refractivity contribution is 5.98. The highest BCUT2D eigenvalue weighted by atomic mass is 19.4. The van der Waals surface area contributed by atoms with Crippen molar-refractivity contribution in [1.82, 2.24) is 4.90 Å². The van der Waals surface area contributed by atoms with Crippen LogP contribution in [0.3, 0.4) is 0 Å². The van der Waals surface area contributed by atoms with Crippen LogP contribution in [-0.4, -0.2) is 47.4 Å². The predicted molar refractivity (Wildman–Crippen MR) is 192 cm³/mol. The number of carboxylic acid groups (broad SMARTS) is 1. The smallest absolute Gasteiger partial charge is 0.416 e. The fraction of sp³-hybridized carbons (Fsp3) is 0.171. The van der Waals surface area contributed by atoms with E-state index >= 15 is 0 Å². The lowest BCUT2D eigenvalue weighted by molar-refractivity contribution is -0.139. The van der Waals surface area contributed by atoms with Gasteiger partial charge in [-0.2, -0.15) is 13.2 Å². The third-order valence-corrected chi connectivity index (χ3v) is 8.34. The van der Waals surface area contributed by atoms with Crippen LogP contribution in [0.1, 0.15) is 48.5 Å². The van der Waals surface area contributed by atoms with Crippen molar-refractivity contribution in [3.05, 3.63) is 148 Å². The molecule has 2 amide bonds. The number of ether oxygens (including phenoxy) is 2. The molecule has 0 aromatic heterocycles. The van der Waals surface area contributed by atoms with Gasteiger partial charge in [0.15, 0.2) is 0 Å². The summed E-state index contributed by atoms with van der Waals surface area (Å²) in [6.07, 6.45) is -5.26. The van der Waals surface area contributed by atoms with E-state index in [1.165, 1.54) is 37.4 Å². The summed E-state index contributed by atoms with van der Waals surface area (Å²) < 4.78 is 51.2. The van der Waals surface area contributed by atoms with Gasteiger partial charge >= 0.3 is 18.1 Å². The van der Waals surface area contributed by atoms with E-state index in [-0.39, 0.29) is 34.9 Å². The Hall–Kier alpha value is -6.43. The van der Waals surface area contributed by atoms with E-state index in [9.17, 15) is 37.5 Å². The molecule has 0 unspecified atom stereocenters. The van der Waals surface area contributed by atoms with Gasteiger partial charge in [0.1, 0.15) is 18.0 Å². The molecule has 0 radical (unpaired) electrons. The molecule has 0 atom stereocenters. The molecule has 0 saturated carbocycles. The minimum Gasteiger partial charge on any atom is -0.497 e. The minimum absolute atomic E-state index is 0.00352. The van der Waals surface area contributed by atoms with Crippen LogP contribution in [0.4, 0.5) is 18.9 Å². The van der Waals surface area contributed by atoms with E-state index in [4.69, 9.17) is 9.47 Å². The second kappa shape index (κ2) is 16.3. The normalized spacial score (nSPS) is 11.1. The number of amides is 2. The molecule has 5 rings (SSSR count). The number of carbonyl (C=O) groups excluding carboxylic acids is 3. The van der Waals surface area contributed by atoms with Crippen LogP contribution in [0.2, 0.25) is 0 Å². The van der Waals surface area contributed by atoms with Gasteiger partial charge in [0.25, 0.3) is 5.91 Å². The lowest BCUT2D eigenvalue weighted by Crippen LogP contribution is -2.35. The maximum Gasteiger partial charge on any atom is 0.416 e. The van der Waals surface area contributed by atoms with Gasteiger partial charge in [0.05, 0.1) is 24.7 Å². The van der Waals surface area contributed by atoms with Gasteiger partial charge in [0, 0.05) is 17.8 Å². The molecule has 5 aromatic rings. The lowest BCUT2D eigenvalue weighted by Gasteiger charge is -2.22. The molecule has 0 aliphatic carbocycles. The van der Waals surface area contributed by atoms with E-state index in [1.54, 1.807) is 43.3 Å². The Morgan fingerprint density at radius 1 is 0.774 bits per heavy atom. The number of esters is 1. The highest BCUT2D eigenvalue weighted by Crippen LogP contribution is 2.35. The summed E-state index contributed by atoms with van der Waals surface area (Å²) in [7, 11) is 1.24. The molecule has 12 heteroatoms. The first-order chi connectivity index (χ1) is 25.2. The second-order valence-corrected chi connectivity index (χ2v) is 12.3. The molecule has 0 saturated heterocycles. The first kappa shape index (κ1) is 37.8. The van der Waals surface area contributed by atoms with Crippen LogP contribution in [-0.2, 0) is 28.7 Å². The average molecular weight is 725 g/mol. The van der Waals surface area contributed by atoms with Crippen molar-refractivity contribution >= 4 is 29.4 Å². The SMILES string of the molecule is COc1ccc(CC(=O)Nc2ccc(C(=O)N(CC(=O)O)Cc3ccc(OC(=O)c4ccc(-c5ccc(C)cc5)cc4)cc3)c(C)c2)c(C(F)(F)F)c1. The molecular weight excluding hydrogens is 689 g/mol. The lowest BCUT2D eigenvalue weighted by atomic mass is 10.0. The van der Waals surface area contributed by atoms with Crippen LogP contribution in [0.15, 0.2) is 109 Å². The van der Waals surface area contributed by atoms with Gasteiger partial charge in [-0.05, 0) is 96.3 Å². The zero-order valence-electron chi connectivity index (χ0n) is 29.0. The fourth-order valence-corrected chi connectivity index (χ4v) is 5.59. The Bertz CT molecular complexity index is 2130. The van der Waals surface area contributed by atoms with E-state index in [2.05, 4.69) is 5.32 Å². The molecular formula is C41H35F3N2O7. The molecule has 0 aliphatic rings. The third kappa shape index (κ3) is 9.88.